The average molecular weight is 197 g/mol. The summed E-state index contributed by atoms with van der Waals surface area (Å²) in [6.45, 7) is 0.971. The van der Waals surface area contributed by atoms with E-state index in [4.69, 9.17) is 10.5 Å². The van der Waals surface area contributed by atoms with E-state index in [0.717, 1.165) is 18.9 Å². The van der Waals surface area contributed by atoms with Gasteiger partial charge in [-0.05, 0) is 31.6 Å². The molecule has 2 rings (SSSR count). The van der Waals surface area contributed by atoms with E-state index in [0.29, 0.717) is 12.1 Å². The lowest BCUT2D eigenvalue weighted by Gasteiger charge is -2.26. The molecule has 2 heteroatoms. The standard InChI is InChI=1S/C12H23NO/c13-11-5-3-1-2-4-6-12(11)14-9-10-7-8-10/h10-12H,1-9,13H2. The first-order chi connectivity index (χ1) is 6.86. The van der Waals surface area contributed by atoms with Crippen LogP contribution in [0.25, 0.3) is 0 Å². The molecule has 2 aliphatic rings. The van der Waals surface area contributed by atoms with Crippen LogP contribution in [-0.2, 0) is 4.74 Å². The molecular formula is C12H23NO. The fraction of sp³-hybridized carbons (Fsp3) is 1.00. The highest BCUT2D eigenvalue weighted by molar-refractivity contribution is 4.78. The maximum absolute atomic E-state index is 6.13. The van der Waals surface area contributed by atoms with Crippen LogP contribution in [0.2, 0.25) is 0 Å². The Hall–Kier alpha value is -0.0800. The van der Waals surface area contributed by atoms with Gasteiger partial charge in [0, 0.05) is 12.6 Å². The average Bonchev–Trinajstić information content (AvgIpc) is 2.95. The minimum Gasteiger partial charge on any atom is -0.376 e. The predicted molar refractivity (Wildman–Crippen MR) is 58.1 cm³/mol. The Labute approximate surface area is 87.2 Å². The lowest BCUT2D eigenvalue weighted by atomic mass is 9.95. The Morgan fingerprint density at radius 1 is 0.929 bits per heavy atom. The van der Waals surface area contributed by atoms with Crippen molar-refractivity contribution in [1.82, 2.24) is 0 Å². The Balaban J connectivity index is 1.72. The minimum absolute atomic E-state index is 0.300. The van der Waals surface area contributed by atoms with Gasteiger partial charge < -0.3 is 10.5 Å². The van der Waals surface area contributed by atoms with Gasteiger partial charge in [-0.2, -0.15) is 0 Å². The second kappa shape index (κ2) is 5.13. The third-order valence-electron chi connectivity index (χ3n) is 3.50. The second-order valence-corrected chi connectivity index (χ2v) is 4.97. The summed E-state index contributed by atoms with van der Waals surface area (Å²) < 4.78 is 5.93. The van der Waals surface area contributed by atoms with Crippen molar-refractivity contribution in [2.24, 2.45) is 11.7 Å². The number of ether oxygens (including phenoxy) is 1. The van der Waals surface area contributed by atoms with E-state index in [1.165, 1.54) is 44.9 Å². The number of hydrogen-bond donors (Lipinski definition) is 1. The van der Waals surface area contributed by atoms with E-state index in [-0.39, 0.29) is 0 Å². The highest BCUT2D eigenvalue weighted by atomic mass is 16.5. The van der Waals surface area contributed by atoms with Crippen molar-refractivity contribution in [3.05, 3.63) is 0 Å². The molecule has 2 nitrogen and oxygen atoms in total. The fourth-order valence-corrected chi connectivity index (χ4v) is 2.23. The Bertz CT molecular complexity index is 168. The molecule has 2 fully saturated rings. The van der Waals surface area contributed by atoms with Gasteiger partial charge in [0.25, 0.3) is 0 Å². The van der Waals surface area contributed by atoms with E-state index in [2.05, 4.69) is 0 Å². The van der Waals surface area contributed by atoms with Crippen LogP contribution in [0.15, 0.2) is 0 Å². The Morgan fingerprint density at radius 2 is 1.64 bits per heavy atom. The molecule has 0 aromatic rings. The lowest BCUT2D eigenvalue weighted by molar-refractivity contribution is 0.0169. The van der Waals surface area contributed by atoms with Gasteiger partial charge in [-0.25, -0.2) is 0 Å². The molecule has 2 N–H and O–H groups in total. The van der Waals surface area contributed by atoms with Crippen LogP contribution in [-0.4, -0.2) is 18.8 Å². The van der Waals surface area contributed by atoms with Gasteiger partial charge in [-0.3, -0.25) is 0 Å². The zero-order valence-corrected chi connectivity index (χ0v) is 9.08. The molecule has 2 saturated carbocycles. The van der Waals surface area contributed by atoms with Crippen molar-refractivity contribution in [2.45, 2.75) is 63.5 Å². The van der Waals surface area contributed by atoms with Crippen LogP contribution in [0.4, 0.5) is 0 Å². The van der Waals surface area contributed by atoms with E-state index < -0.39 is 0 Å². The molecule has 0 spiro atoms. The predicted octanol–water partition coefficient (Wildman–Crippen LogP) is 2.46. The van der Waals surface area contributed by atoms with E-state index in [1.807, 2.05) is 0 Å². The molecule has 0 bridgehead atoms. The third-order valence-corrected chi connectivity index (χ3v) is 3.50. The lowest BCUT2D eigenvalue weighted by Crippen LogP contribution is -2.37. The summed E-state index contributed by atoms with van der Waals surface area (Å²) in [6, 6.07) is 0.300. The number of rotatable bonds is 3. The van der Waals surface area contributed by atoms with E-state index >= 15 is 0 Å². The first-order valence-electron chi connectivity index (χ1n) is 6.23. The summed E-state index contributed by atoms with van der Waals surface area (Å²) in [5.41, 5.74) is 6.13. The number of nitrogens with two attached hydrogens (primary N) is 1. The first-order valence-corrected chi connectivity index (χ1v) is 6.23. The zero-order valence-electron chi connectivity index (χ0n) is 9.08. The van der Waals surface area contributed by atoms with Crippen LogP contribution < -0.4 is 5.73 Å². The SMILES string of the molecule is NC1CCCCCCC1OCC1CC1. The van der Waals surface area contributed by atoms with Crippen molar-refractivity contribution in [3.8, 4) is 0 Å². The minimum atomic E-state index is 0.300. The summed E-state index contributed by atoms with van der Waals surface area (Å²) in [5, 5.41) is 0. The number of hydrogen-bond acceptors (Lipinski definition) is 2. The van der Waals surface area contributed by atoms with Crippen molar-refractivity contribution >= 4 is 0 Å². The Morgan fingerprint density at radius 3 is 2.36 bits per heavy atom. The fourth-order valence-electron chi connectivity index (χ4n) is 2.23. The van der Waals surface area contributed by atoms with E-state index in [1.54, 1.807) is 0 Å². The molecular weight excluding hydrogens is 174 g/mol. The van der Waals surface area contributed by atoms with Gasteiger partial charge in [0.15, 0.2) is 0 Å². The zero-order chi connectivity index (χ0) is 9.80. The van der Waals surface area contributed by atoms with Crippen molar-refractivity contribution in [2.75, 3.05) is 6.61 Å². The van der Waals surface area contributed by atoms with Crippen molar-refractivity contribution in [3.63, 3.8) is 0 Å². The van der Waals surface area contributed by atoms with Crippen LogP contribution in [0.1, 0.15) is 51.4 Å². The summed E-state index contributed by atoms with van der Waals surface area (Å²) in [7, 11) is 0. The maximum Gasteiger partial charge on any atom is 0.0726 e. The van der Waals surface area contributed by atoms with E-state index in [9.17, 15) is 0 Å². The second-order valence-electron chi connectivity index (χ2n) is 4.97. The van der Waals surface area contributed by atoms with Crippen LogP contribution in [0.5, 0.6) is 0 Å². The maximum atomic E-state index is 6.13. The largest absolute Gasteiger partial charge is 0.376 e. The van der Waals surface area contributed by atoms with Crippen molar-refractivity contribution in [1.29, 1.82) is 0 Å². The van der Waals surface area contributed by atoms with Gasteiger partial charge in [-0.15, -0.1) is 0 Å². The van der Waals surface area contributed by atoms with Gasteiger partial charge in [0.1, 0.15) is 0 Å². The van der Waals surface area contributed by atoms with Crippen LogP contribution >= 0.6 is 0 Å². The smallest absolute Gasteiger partial charge is 0.0726 e. The van der Waals surface area contributed by atoms with Gasteiger partial charge >= 0.3 is 0 Å². The van der Waals surface area contributed by atoms with Gasteiger partial charge in [-0.1, -0.05) is 25.7 Å². The molecule has 2 aliphatic carbocycles. The molecule has 0 saturated heterocycles. The Kier molecular flexibility index (Phi) is 3.82. The summed E-state index contributed by atoms with van der Waals surface area (Å²) in [5.74, 6) is 0.868. The molecule has 2 atom stereocenters. The summed E-state index contributed by atoms with van der Waals surface area (Å²) >= 11 is 0. The monoisotopic (exact) mass is 197 g/mol. The molecule has 2 unspecified atom stereocenters. The molecule has 0 radical (unpaired) electrons. The van der Waals surface area contributed by atoms with Crippen molar-refractivity contribution < 1.29 is 4.74 Å². The molecule has 0 aromatic carbocycles. The first kappa shape index (κ1) is 10.4. The topological polar surface area (TPSA) is 35.2 Å². The molecule has 0 heterocycles. The van der Waals surface area contributed by atoms with Crippen LogP contribution in [0.3, 0.4) is 0 Å². The molecule has 0 aromatic heterocycles. The summed E-state index contributed by atoms with van der Waals surface area (Å²) in [6.07, 6.45) is 10.8. The molecule has 0 amide bonds. The highest BCUT2D eigenvalue weighted by Gasteiger charge is 2.25. The molecule has 14 heavy (non-hydrogen) atoms. The molecule has 82 valence electrons. The normalized spacial score (nSPS) is 34.9. The molecule has 0 aliphatic heterocycles. The quantitative estimate of drug-likeness (QED) is 0.754. The third kappa shape index (κ3) is 3.25. The summed E-state index contributed by atoms with van der Waals surface area (Å²) in [4.78, 5) is 0. The van der Waals surface area contributed by atoms with Gasteiger partial charge in [0.05, 0.1) is 6.10 Å². The van der Waals surface area contributed by atoms with Gasteiger partial charge in [0.2, 0.25) is 0 Å². The van der Waals surface area contributed by atoms with Crippen LogP contribution in [0, 0.1) is 5.92 Å². The highest BCUT2D eigenvalue weighted by Crippen LogP contribution is 2.30.